The lowest BCUT2D eigenvalue weighted by atomic mass is 10.0. The van der Waals surface area contributed by atoms with Gasteiger partial charge in [0.15, 0.2) is 0 Å². The molecule has 0 unspecified atom stereocenters. The molecule has 0 amide bonds. The summed E-state index contributed by atoms with van der Waals surface area (Å²) in [5.41, 5.74) is 4.10. The van der Waals surface area contributed by atoms with Crippen LogP contribution in [0.2, 0.25) is 0 Å². The van der Waals surface area contributed by atoms with Gasteiger partial charge in [-0.05, 0) is 37.2 Å². The van der Waals surface area contributed by atoms with E-state index < -0.39 is 0 Å². The highest BCUT2D eigenvalue weighted by Crippen LogP contribution is 2.30. The summed E-state index contributed by atoms with van der Waals surface area (Å²) in [4.78, 5) is 6.04. The Labute approximate surface area is 108 Å². The molecule has 0 spiro atoms. The van der Waals surface area contributed by atoms with Gasteiger partial charge in [-0.15, -0.1) is 0 Å². The van der Waals surface area contributed by atoms with Crippen molar-refractivity contribution in [2.24, 2.45) is 0 Å². The molecule has 3 nitrogen and oxygen atoms in total. The van der Waals surface area contributed by atoms with E-state index in [1.165, 1.54) is 22.2 Å². The number of rotatable bonds is 3. The molecule has 18 heavy (non-hydrogen) atoms. The van der Waals surface area contributed by atoms with Gasteiger partial charge in [-0.1, -0.05) is 6.92 Å². The first-order valence-electron chi connectivity index (χ1n) is 6.80. The Morgan fingerprint density at radius 1 is 1.33 bits per heavy atom. The zero-order valence-corrected chi connectivity index (χ0v) is 11.1. The maximum absolute atomic E-state index is 5.60. The molecule has 0 saturated heterocycles. The van der Waals surface area contributed by atoms with Crippen LogP contribution in [-0.2, 0) is 13.0 Å². The summed E-state index contributed by atoms with van der Waals surface area (Å²) < 4.78 is 5.60. The van der Waals surface area contributed by atoms with E-state index in [-0.39, 0.29) is 0 Å². The highest BCUT2D eigenvalue weighted by Gasteiger charge is 2.19. The molecule has 0 aliphatic carbocycles. The molecule has 3 rings (SSSR count). The summed E-state index contributed by atoms with van der Waals surface area (Å²) in [6.45, 7) is 8.31. The van der Waals surface area contributed by atoms with Crippen molar-refractivity contribution < 1.29 is 4.74 Å². The molecule has 1 N–H and O–H groups in total. The van der Waals surface area contributed by atoms with Gasteiger partial charge in [0, 0.05) is 36.1 Å². The third-order valence-electron chi connectivity index (χ3n) is 3.78. The molecule has 2 aromatic rings. The first-order chi connectivity index (χ1) is 8.81. The van der Waals surface area contributed by atoms with Crippen LogP contribution in [0.1, 0.15) is 25.1 Å². The molecular formula is C15H20N2O. The number of hydrogen-bond donors (Lipinski definition) is 1. The number of fused-ring (bicyclic) bond motifs is 3. The highest BCUT2D eigenvalue weighted by molar-refractivity contribution is 5.86. The van der Waals surface area contributed by atoms with E-state index in [0.29, 0.717) is 0 Å². The Kier molecular flexibility index (Phi) is 3.00. The van der Waals surface area contributed by atoms with Crippen molar-refractivity contribution in [2.75, 3.05) is 19.7 Å². The molecular weight excluding hydrogens is 224 g/mol. The zero-order valence-electron chi connectivity index (χ0n) is 11.1. The number of aromatic amines is 1. The Balaban J connectivity index is 2.05. The lowest BCUT2D eigenvalue weighted by molar-refractivity contribution is 0.268. The fourth-order valence-corrected chi connectivity index (χ4v) is 2.78. The minimum atomic E-state index is 0.721. The fourth-order valence-electron chi connectivity index (χ4n) is 2.78. The molecule has 3 heteroatoms. The van der Waals surface area contributed by atoms with Crippen LogP contribution in [0.15, 0.2) is 18.2 Å². The van der Waals surface area contributed by atoms with Crippen molar-refractivity contribution in [3.8, 4) is 5.75 Å². The van der Waals surface area contributed by atoms with Crippen LogP contribution in [0, 0.1) is 0 Å². The van der Waals surface area contributed by atoms with Gasteiger partial charge in [-0.2, -0.15) is 0 Å². The van der Waals surface area contributed by atoms with Crippen molar-refractivity contribution in [1.29, 1.82) is 0 Å². The summed E-state index contributed by atoms with van der Waals surface area (Å²) in [6.07, 6.45) is 1.13. The summed E-state index contributed by atoms with van der Waals surface area (Å²) in [5.74, 6) is 0.973. The summed E-state index contributed by atoms with van der Waals surface area (Å²) in [7, 11) is 0. The van der Waals surface area contributed by atoms with Crippen molar-refractivity contribution in [3.63, 3.8) is 0 Å². The van der Waals surface area contributed by atoms with Crippen LogP contribution in [0.4, 0.5) is 0 Å². The average Bonchev–Trinajstić information content (AvgIpc) is 2.76. The van der Waals surface area contributed by atoms with Crippen LogP contribution in [0.25, 0.3) is 10.9 Å². The van der Waals surface area contributed by atoms with Crippen molar-refractivity contribution in [3.05, 3.63) is 29.5 Å². The van der Waals surface area contributed by atoms with Gasteiger partial charge in [0.1, 0.15) is 5.75 Å². The predicted octanol–water partition coefficient (Wildman–Crippen LogP) is 2.94. The fraction of sp³-hybridized carbons (Fsp3) is 0.467. The Hall–Kier alpha value is -1.48. The van der Waals surface area contributed by atoms with Crippen LogP contribution in [0.3, 0.4) is 0 Å². The molecule has 2 heterocycles. The van der Waals surface area contributed by atoms with Gasteiger partial charge >= 0.3 is 0 Å². The van der Waals surface area contributed by atoms with E-state index in [2.05, 4.69) is 28.9 Å². The number of benzene rings is 1. The molecule has 1 aromatic carbocycles. The van der Waals surface area contributed by atoms with Gasteiger partial charge in [0.2, 0.25) is 0 Å². The summed E-state index contributed by atoms with van der Waals surface area (Å²) >= 11 is 0. The minimum absolute atomic E-state index is 0.721. The molecule has 1 aliphatic rings. The Morgan fingerprint density at radius 2 is 2.22 bits per heavy atom. The second-order valence-corrected chi connectivity index (χ2v) is 4.84. The molecule has 0 bridgehead atoms. The normalized spacial score (nSPS) is 15.9. The van der Waals surface area contributed by atoms with Crippen molar-refractivity contribution in [2.45, 2.75) is 26.8 Å². The number of aromatic nitrogens is 1. The molecule has 1 aromatic heterocycles. The quantitative estimate of drug-likeness (QED) is 0.899. The second kappa shape index (κ2) is 4.65. The summed E-state index contributed by atoms with van der Waals surface area (Å²) in [6, 6.07) is 6.35. The van der Waals surface area contributed by atoms with Gasteiger partial charge in [0.05, 0.1) is 6.61 Å². The lowest BCUT2D eigenvalue weighted by Crippen LogP contribution is -2.29. The number of likely N-dealkylation sites (N-methyl/N-ethyl adjacent to an activating group) is 1. The molecule has 0 fully saturated rings. The van der Waals surface area contributed by atoms with Crippen LogP contribution in [-0.4, -0.2) is 29.6 Å². The van der Waals surface area contributed by atoms with E-state index in [9.17, 15) is 0 Å². The topological polar surface area (TPSA) is 28.3 Å². The van der Waals surface area contributed by atoms with Crippen molar-refractivity contribution in [1.82, 2.24) is 9.88 Å². The van der Waals surface area contributed by atoms with Crippen LogP contribution >= 0.6 is 0 Å². The average molecular weight is 244 g/mol. The Bertz CT molecular complexity index is 559. The highest BCUT2D eigenvalue weighted by atomic mass is 16.5. The third-order valence-corrected chi connectivity index (χ3v) is 3.78. The largest absolute Gasteiger partial charge is 0.494 e. The minimum Gasteiger partial charge on any atom is -0.494 e. The lowest BCUT2D eigenvalue weighted by Gasteiger charge is -2.25. The molecule has 0 saturated carbocycles. The number of nitrogens with one attached hydrogen (secondary N) is 1. The SMILES string of the molecule is CCOc1ccc2[nH]c3c(c2c1)CN(CC)CC3. The van der Waals surface area contributed by atoms with E-state index in [0.717, 1.165) is 38.4 Å². The Morgan fingerprint density at radius 3 is 3.00 bits per heavy atom. The van der Waals surface area contributed by atoms with E-state index in [1.807, 2.05) is 13.0 Å². The van der Waals surface area contributed by atoms with E-state index in [1.54, 1.807) is 0 Å². The third kappa shape index (κ3) is 1.89. The van der Waals surface area contributed by atoms with Gasteiger partial charge in [-0.3, -0.25) is 4.90 Å². The monoisotopic (exact) mass is 244 g/mol. The summed E-state index contributed by atoms with van der Waals surface area (Å²) in [5, 5.41) is 1.33. The maximum atomic E-state index is 5.60. The van der Waals surface area contributed by atoms with E-state index >= 15 is 0 Å². The number of ether oxygens (including phenoxy) is 1. The number of hydrogen-bond acceptors (Lipinski definition) is 2. The smallest absolute Gasteiger partial charge is 0.120 e. The molecule has 0 radical (unpaired) electrons. The first-order valence-corrected chi connectivity index (χ1v) is 6.80. The maximum Gasteiger partial charge on any atom is 0.120 e. The van der Waals surface area contributed by atoms with Crippen molar-refractivity contribution >= 4 is 10.9 Å². The first kappa shape index (κ1) is 11.6. The second-order valence-electron chi connectivity index (χ2n) is 4.84. The number of nitrogens with zero attached hydrogens (tertiary/aromatic N) is 1. The van der Waals surface area contributed by atoms with Crippen LogP contribution < -0.4 is 4.74 Å². The van der Waals surface area contributed by atoms with Gasteiger partial charge < -0.3 is 9.72 Å². The molecule has 1 aliphatic heterocycles. The van der Waals surface area contributed by atoms with Gasteiger partial charge in [0.25, 0.3) is 0 Å². The van der Waals surface area contributed by atoms with E-state index in [4.69, 9.17) is 4.74 Å². The zero-order chi connectivity index (χ0) is 12.5. The molecule has 96 valence electrons. The predicted molar refractivity (Wildman–Crippen MR) is 74.1 cm³/mol. The number of H-pyrrole nitrogens is 1. The van der Waals surface area contributed by atoms with Gasteiger partial charge in [-0.25, -0.2) is 0 Å². The molecule has 0 atom stereocenters. The standard InChI is InChI=1S/C15H20N2O/c1-3-17-8-7-15-13(10-17)12-9-11(18-4-2)5-6-14(12)16-15/h5-6,9,16H,3-4,7-8,10H2,1-2H3. The van der Waals surface area contributed by atoms with Crippen LogP contribution in [0.5, 0.6) is 5.75 Å².